The first-order chi connectivity index (χ1) is 13.8. The number of carbonyl (C=O) groups is 2. The first kappa shape index (κ1) is 20.9. The smallest absolute Gasteiger partial charge is 0.249 e. The topological polar surface area (TPSA) is 95.7 Å². The van der Waals surface area contributed by atoms with Crippen LogP contribution in [-0.4, -0.2) is 35.5 Å². The van der Waals surface area contributed by atoms with Crippen LogP contribution in [0.2, 0.25) is 0 Å². The number of rotatable bonds is 5. The van der Waals surface area contributed by atoms with Crippen molar-refractivity contribution in [2.75, 3.05) is 11.4 Å². The molecule has 0 spiro atoms. The van der Waals surface area contributed by atoms with Crippen LogP contribution >= 0.6 is 0 Å². The van der Waals surface area contributed by atoms with Crippen LogP contribution in [0.1, 0.15) is 35.6 Å². The van der Waals surface area contributed by atoms with Crippen LogP contribution in [0.5, 0.6) is 5.75 Å². The number of phenols is 1. The number of nitrogens with zero attached hydrogens (tertiary/aromatic N) is 1. The molecule has 2 aromatic rings. The van der Waals surface area contributed by atoms with Crippen LogP contribution in [0.15, 0.2) is 36.4 Å². The maximum Gasteiger partial charge on any atom is 0.249 e. The van der Waals surface area contributed by atoms with E-state index in [4.69, 9.17) is 5.73 Å². The number of anilines is 1. The number of fused-ring (bicyclic) bond motifs is 1. The monoisotopic (exact) mass is 395 g/mol. The van der Waals surface area contributed by atoms with Crippen molar-refractivity contribution in [3.63, 3.8) is 0 Å². The Morgan fingerprint density at radius 3 is 2.55 bits per heavy atom. The van der Waals surface area contributed by atoms with Crippen molar-refractivity contribution in [1.82, 2.24) is 5.32 Å². The largest absolute Gasteiger partial charge is 0.508 e. The van der Waals surface area contributed by atoms with Gasteiger partial charge in [-0.25, -0.2) is 0 Å². The summed E-state index contributed by atoms with van der Waals surface area (Å²) in [6, 6.07) is 9.76. The standard InChI is InChI=1S/C23H29N3O3/c1-14-11-18(27)12-15(2)19(14)13-20(24)22(28)25-16(3)23(29)26-10-6-8-17-7-4-5-9-21(17)26/h4-5,7,9,11-12,16,20,27H,6,8,10,13,24H2,1-3H3,(H,25,28)/t16-,20?/m1/s1. The SMILES string of the molecule is Cc1cc(O)cc(C)c1CC(N)C(=O)N[C@H](C)C(=O)N1CCCc2ccccc21. The molecule has 0 saturated carbocycles. The predicted molar refractivity (Wildman–Crippen MR) is 114 cm³/mol. The van der Waals surface area contributed by atoms with Crippen molar-refractivity contribution in [3.8, 4) is 5.75 Å². The van der Waals surface area contributed by atoms with Crippen LogP contribution in [0.3, 0.4) is 0 Å². The molecule has 0 radical (unpaired) electrons. The van der Waals surface area contributed by atoms with E-state index in [1.807, 2.05) is 38.1 Å². The van der Waals surface area contributed by atoms with E-state index < -0.39 is 12.1 Å². The van der Waals surface area contributed by atoms with Crippen molar-refractivity contribution in [2.24, 2.45) is 5.73 Å². The Balaban J connectivity index is 1.65. The third-order valence-electron chi connectivity index (χ3n) is 5.55. The molecule has 29 heavy (non-hydrogen) atoms. The van der Waals surface area contributed by atoms with Crippen LogP contribution in [0.25, 0.3) is 0 Å². The van der Waals surface area contributed by atoms with E-state index in [-0.39, 0.29) is 17.6 Å². The van der Waals surface area contributed by atoms with Gasteiger partial charge in [0.05, 0.1) is 6.04 Å². The van der Waals surface area contributed by atoms with E-state index in [0.717, 1.165) is 40.8 Å². The Hall–Kier alpha value is -2.86. The van der Waals surface area contributed by atoms with Gasteiger partial charge in [0.1, 0.15) is 11.8 Å². The molecule has 0 saturated heterocycles. The number of aryl methyl sites for hydroxylation is 3. The van der Waals surface area contributed by atoms with E-state index in [1.165, 1.54) is 0 Å². The number of benzene rings is 2. The highest BCUT2D eigenvalue weighted by atomic mass is 16.3. The molecule has 1 aliphatic heterocycles. The van der Waals surface area contributed by atoms with Gasteiger partial charge in [-0.05, 0) is 80.5 Å². The number of amides is 2. The van der Waals surface area contributed by atoms with E-state index in [0.29, 0.717) is 13.0 Å². The Morgan fingerprint density at radius 1 is 1.21 bits per heavy atom. The van der Waals surface area contributed by atoms with E-state index >= 15 is 0 Å². The van der Waals surface area contributed by atoms with Gasteiger partial charge in [0.25, 0.3) is 0 Å². The molecule has 154 valence electrons. The minimum absolute atomic E-state index is 0.130. The number of hydrogen-bond acceptors (Lipinski definition) is 4. The summed E-state index contributed by atoms with van der Waals surface area (Å²) in [6.07, 6.45) is 2.20. The average molecular weight is 396 g/mol. The molecular weight excluding hydrogens is 366 g/mol. The second kappa shape index (κ2) is 8.66. The number of carbonyl (C=O) groups excluding carboxylic acids is 2. The quantitative estimate of drug-likeness (QED) is 0.724. The molecule has 0 aromatic heterocycles. The average Bonchev–Trinajstić information content (AvgIpc) is 2.69. The van der Waals surface area contributed by atoms with E-state index in [1.54, 1.807) is 24.0 Å². The number of nitrogens with one attached hydrogen (secondary N) is 1. The molecule has 1 aliphatic rings. The zero-order chi connectivity index (χ0) is 21.1. The van der Waals surface area contributed by atoms with Gasteiger partial charge in [0, 0.05) is 12.2 Å². The third kappa shape index (κ3) is 4.59. The maximum absolute atomic E-state index is 13.0. The Kier molecular flexibility index (Phi) is 6.23. The van der Waals surface area contributed by atoms with Crippen molar-refractivity contribution < 1.29 is 14.7 Å². The van der Waals surface area contributed by atoms with Gasteiger partial charge in [-0.15, -0.1) is 0 Å². The summed E-state index contributed by atoms with van der Waals surface area (Å²) in [5, 5.41) is 12.5. The summed E-state index contributed by atoms with van der Waals surface area (Å²) < 4.78 is 0. The fourth-order valence-corrected chi connectivity index (χ4v) is 3.98. The van der Waals surface area contributed by atoms with E-state index in [9.17, 15) is 14.7 Å². The lowest BCUT2D eigenvalue weighted by atomic mass is 9.96. The van der Waals surface area contributed by atoms with Crippen LogP contribution < -0.4 is 16.0 Å². The highest BCUT2D eigenvalue weighted by Crippen LogP contribution is 2.27. The van der Waals surface area contributed by atoms with Crippen LogP contribution in [0, 0.1) is 13.8 Å². The van der Waals surface area contributed by atoms with Crippen molar-refractivity contribution in [3.05, 3.63) is 58.7 Å². The number of aromatic hydroxyl groups is 1. The zero-order valence-electron chi connectivity index (χ0n) is 17.2. The summed E-state index contributed by atoms with van der Waals surface area (Å²) in [5.41, 5.74) is 10.9. The van der Waals surface area contributed by atoms with Gasteiger partial charge in [-0.3, -0.25) is 9.59 Å². The molecule has 1 unspecified atom stereocenters. The molecule has 2 atom stereocenters. The Bertz CT molecular complexity index is 902. The number of phenolic OH excluding ortho intramolecular Hbond substituents is 1. The molecule has 6 heteroatoms. The predicted octanol–water partition coefficient (Wildman–Crippen LogP) is 2.36. The van der Waals surface area contributed by atoms with Gasteiger partial charge >= 0.3 is 0 Å². The summed E-state index contributed by atoms with van der Waals surface area (Å²) in [6.45, 7) is 6.11. The number of para-hydroxylation sites is 1. The summed E-state index contributed by atoms with van der Waals surface area (Å²) >= 11 is 0. The molecule has 6 nitrogen and oxygen atoms in total. The van der Waals surface area contributed by atoms with Crippen LogP contribution in [-0.2, 0) is 22.4 Å². The normalized spacial score (nSPS) is 15.4. The summed E-state index contributed by atoms with van der Waals surface area (Å²) in [4.78, 5) is 27.3. The highest BCUT2D eigenvalue weighted by Gasteiger charge is 2.28. The lowest BCUT2D eigenvalue weighted by molar-refractivity contribution is -0.128. The molecule has 3 rings (SSSR count). The number of hydrogen-bond donors (Lipinski definition) is 3. The molecular formula is C23H29N3O3. The zero-order valence-corrected chi connectivity index (χ0v) is 17.2. The molecule has 0 bridgehead atoms. The Labute approximate surface area is 171 Å². The molecule has 4 N–H and O–H groups in total. The molecule has 0 fully saturated rings. The summed E-state index contributed by atoms with van der Waals surface area (Å²) in [5.74, 6) is -0.291. The fraction of sp³-hybridized carbons (Fsp3) is 0.391. The van der Waals surface area contributed by atoms with Crippen molar-refractivity contribution >= 4 is 17.5 Å². The van der Waals surface area contributed by atoms with Gasteiger partial charge in [0.15, 0.2) is 0 Å². The van der Waals surface area contributed by atoms with Gasteiger partial charge in [-0.2, -0.15) is 0 Å². The van der Waals surface area contributed by atoms with Gasteiger partial charge < -0.3 is 21.1 Å². The number of nitrogens with two attached hydrogens (primary N) is 1. The third-order valence-corrected chi connectivity index (χ3v) is 5.55. The van der Waals surface area contributed by atoms with E-state index in [2.05, 4.69) is 5.32 Å². The van der Waals surface area contributed by atoms with Crippen molar-refractivity contribution in [1.29, 1.82) is 0 Å². The molecule has 0 aliphatic carbocycles. The lowest BCUT2D eigenvalue weighted by Gasteiger charge is -2.32. The van der Waals surface area contributed by atoms with Crippen molar-refractivity contribution in [2.45, 2.75) is 52.1 Å². The fourth-order valence-electron chi connectivity index (χ4n) is 3.98. The van der Waals surface area contributed by atoms with Crippen LogP contribution in [0.4, 0.5) is 5.69 Å². The second-order valence-electron chi connectivity index (χ2n) is 7.82. The molecule has 2 amide bonds. The first-order valence-electron chi connectivity index (χ1n) is 10.0. The van der Waals surface area contributed by atoms with Gasteiger partial charge in [0.2, 0.25) is 11.8 Å². The second-order valence-corrected chi connectivity index (χ2v) is 7.82. The summed E-state index contributed by atoms with van der Waals surface area (Å²) in [7, 11) is 0. The highest BCUT2D eigenvalue weighted by molar-refractivity contribution is 6.00. The Morgan fingerprint density at radius 2 is 1.86 bits per heavy atom. The molecule has 1 heterocycles. The lowest BCUT2D eigenvalue weighted by Crippen LogP contribution is -2.52. The van der Waals surface area contributed by atoms with Gasteiger partial charge in [-0.1, -0.05) is 18.2 Å². The minimum atomic E-state index is -0.777. The molecule has 2 aromatic carbocycles. The first-order valence-corrected chi connectivity index (χ1v) is 10.0. The minimum Gasteiger partial charge on any atom is -0.508 e. The maximum atomic E-state index is 13.0.